The van der Waals surface area contributed by atoms with E-state index in [9.17, 15) is 0 Å². The van der Waals surface area contributed by atoms with E-state index in [1.165, 1.54) is 0 Å². The van der Waals surface area contributed by atoms with Crippen LogP contribution in [-0.2, 0) is 0 Å². The van der Waals surface area contributed by atoms with Crippen molar-refractivity contribution in [1.29, 1.82) is 0 Å². The first-order valence-corrected chi connectivity index (χ1v) is 5.36. The number of aromatic nitrogens is 2. The molecule has 0 fully saturated rings. The molecule has 4 heteroatoms. The van der Waals surface area contributed by atoms with E-state index in [0.29, 0.717) is 5.92 Å². The maximum Gasteiger partial charge on any atom is 0.147 e. The van der Waals surface area contributed by atoms with Crippen LogP contribution in [0.5, 0.6) is 0 Å². The summed E-state index contributed by atoms with van der Waals surface area (Å²) < 4.78 is 0. The van der Waals surface area contributed by atoms with Crippen molar-refractivity contribution >= 4 is 5.82 Å². The highest BCUT2D eigenvalue weighted by molar-refractivity contribution is 5.38. The van der Waals surface area contributed by atoms with Gasteiger partial charge in [-0.1, -0.05) is 13.8 Å². The van der Waals surface area contributed by atoms with Crippen molar-refractivity contribution in [3.8, 4) is 0 Å². The molecule has 4 nitrogen and oxygen atoms in total. The summed E-state index contributed by atoms with van der Waals surface area (Å²) >= 11 is 0. The SMILES string of the molecule is Cc1nccnc1NCC(N)CC(C)C. The molecule has 0 aliphatic carbocycles. The number of aryl methyl sites for hydroxylation is 1. The first kappa shape index (κ1) is 11.9. The summed E-state index contributed by atoms with van der Waals surface area (Å²) in [5.74, 6) is 1.46. The lowest BCUT2D eigenvalue weighted by Gasteiger charge is -2.15. The number of hydrogen-bond donors (Lipinski definition) is 2. The molecule has 0 aromatic carbocycles. The lowest BCUT2D eigenvalue weighted by atomic mass is 10.0. The first-order chi connectivity index (χ1) is 7.09. The smallest absolute Gasteiger partial charge is 0.147 e. The lowest BCUT2D eigenvalue weighted by molar-refractivity contribution is 0.508. The second-order valence-corrected chi connectivity index (χ2v) is 4.26. The van der Waals surface area contributed by atoms with Gasteiger partial charge in [0.1, 0.15) is 5.82 Å². The molecule has 0 radical (unpaired) electrons. The fourth-order valence-electron chi connectivity index (χ4n) is 1.50. The van der Waals surface area contributed by atoms with Crippen LogP contribution in [0, 0.1) is 12.8 Å². The zero-order chi connectivity index (χ0) is 11.3. The minimum Gasteiger partial charge on any atom is -0.367 e. The molecule has 15 heavy (non-hydrogen) atoms. The molecule has 0 spiro atoms. The van der Waals surface area contributed by atoms with Crippen molar-refractivity contribution in [2.45, 2.75) is 33.2 Å². The summed E-state index contributed by atoms with van der Waals surface area (Å²) in [6.45, 7) is 7.03. The highest BCUT2D eigenvalue weighted by Crippen LogP contribution is 2.07. The zero-order valence-corrected chi connectivity index (χ0v) is 9.70. The second-order valence-electron chi connectivity index (χ2n) is 4.26. The van der Waals surface area contributed by atoms with Crippen LogP contribution < -0.4 is 11.1 Å². The standard InChI is InChI=1S/C11H20N4/c1-8(2)6-10(12)7-15-11-9(3)13-4-5-14-11/h4-5,8,10H,6-7,12H2,1-3H3,(H,14,15). The third-order valence-electron chi connectivity index (χ3n) is 2.19. The fourth-order valence-corrected chi connectivity index (χ4v) is 1.50. The van der Waals surface area contributed by atoms with Crippen LogP contribution in [0.3, 0.4) is 0 Å². The summed E-state index contributed by atoms with van der Waals surface area (Å²) in [5, 5.41) is 3.22. The largest absolute Gasteiger partial charge is 0.367 e. The van der Waals surface area contributed by atoms with Crippen LogP contribution in [0.2, 0.25) is 0 Å². The number of nitrogens with one attached hydrogen (secondary N) is 1. The van der Waals surface area contributed by atoms with Gasteiger partial charge < -0.3 is 11.1 Å². The lowest BCUT2D eigenvalue weighted by Crippen LogP contribution is -2.30. The van der Waals surface area contributed by atoms with Gasteiger partial charge in [0.05, 0.1) is 5.69 Å². The molecule has 1 unspecified atom stereocenters. The van der Waals surface area contributed by atoms with Crippen LogP contribution in [-0.4, -0.2) is 22.6 Å². The number of rotatable bonds is 5. The average Bonchev–Trinajstić information content (AvgIpc) is 2.15. The fraction of sp³-hybridized carbons (Fsp3) is 0.636. The quantitative estimate of drug-likeness (QED) is 0.771. The molecule has 1 aromatic heterocycles. The Morgan fingerprint density at radius 1 is 1.33 bits per heavy atom. The van der Waals surface area contributed by atoms with Crippen molar-refractivity contribution in [2.24, 2.45) is 11.7 Å². The third kappa shape index (κ3) is 4.25. The zero-order valence-electron chi connectivity index (χ0n) is 9.70. The van der Waals surface area contributed by atoms with Gasteiger partial charge in [0.15, 0.2) is 0 Å². The van der Waals surface area contributed by atoms with Crippen molar-refractivity contribution in [1.82, 2.24) is 9.97 Å². The van der Waals surface area contributed by atoms with Crippen molar-refractivity contribution < 1.29 is 0 Å². The molecule has 0 bridgehead atoms. The Labute approximate surface area is 91.3 Å². The highest BCUT2D eigenvalue weighted by Gasteiger charge is 2.06. The summed E-state index contributed by atoms with van der Waals surface area (Å²) in [4.78, 5) is 8.35. The van der Waals surface area contributed by atoms with Gasteiger partial charge in [-0.15, -0.1) is 0 Å². The van der Waals surface area contributed by atoms with Gasteiger partial charge in [0, 0.05) is 25.0 Å². The number of hydrogen-bond acceptors (Lipinski definition) is 4. The molecule has 0 aliphatic rings. The number of nitrogens with zero attached hydrogens (tertiary/aromatic N) is 2. The van der Waals surface area contributed by atoms with Gasteiger partial charge in [0.2, 0.25) is 0 Å². The molecule has 1 aromatic rings. The van der Waals surface area contributed by atoms with Crippen LogP contribution in [0.15, 0.2) is 12.4 Å². The molecular formula is C11H20N4. The van der Waals surface area contributed by atoms with Crippen LogP contribution in [0.1, 0.15) is 26.0 Å². The Kier molecular flexibility index (Phi) is 4.49. The van der Waals surface area contributed by atoms with Gasteiger partial charge in [-0.3, -0.25) is 4.98 Å². The molecular weight excluding hydrogens is 188 g/mol. The van der Waals surface area contributed by atoms with E-state index >= 15 is 0 Å². The molecule has 84 valence electrons. The van der Waals surface area contributed by atoms with Crippen LogP contribution in [0.4, 0.5) is 5.82 Å². The van der Waals surface area contributed by atoms with E-state index in [-0.39, 0.29) is 6.04 Å². The maximum absolute atomic E-state index is 5.96. The minimum atomic E-state index is 0.173. The predicted octanol–water partition coefficient (Wildman–Crippen LogP) is 1.57. The van der Waals surface area contributed by atoms with E-state index in [0.717, 1.165) is 24.5 Å². The monoisotopic (exact) mass is 208 g/mol. The van der Waals surface area contributed by atoms with E-state index in [4.69, 9.17) is 5.73 Å². The van der Waals surface area contributed by atoms with Gasteiger partial charge in [-0.2, -0.15) is 0 Å². The van der Waals surface area contributed by atoms with Crippen molar-refractivity contribution in [3.63, 3.8) is 0 Å². The Morgan fingerprint density at radius 2 is 2.00 bits per heavy atom. The maximum atomic E-state index is 5.96. The highest BCUT2D eigenvalue weighted by atomic mass is 15.0. The van der Waals surface area contributed by atoms with Gasteiger partial charge in [-0.25, -0.2) is 4.98 Å². The van der Waals surface area contributed by atoms with E-state index < -0.39 is 0 Å². The Hall–Kier alpha value is -1.16. The van der Waals surface area contributed by atoms with Gasteiger partial charge in [0.25, 0.3) is 0 Å². The van der Waals surface area contributed by atoms with Gasteiger partial charge in [-0.05, 0) is 19.3 Å². The van der Waals surface area contributed by atoms with E-state index in [1.807, 2.05) is 6.92 Å². The molecule has 3 N–H and O–H groups in total. The van der Waals surface area contributed by atoms with Crippen LogP contribution in [0.25, 0.3) is 0 Å². The molecule has 1 rings (SSSR count). The van der Waals surface area contributed by atoms with E-state index in [2.05, 4.69) is 29.1 Å². The molecule has 1 heterocycles. The predicted molar refractivity (Wildman–Crippen MR) is 62.7 cm³/mol. The Bertz CT molecular complexity index is 298. The van der Waals surface area contributed by atoms with Crippen molar-refractivity contribution in [2.75, 3.05) is 11.9 Å². The Balaban J connectivity index is 2.40. The number of anilines is 1. The normalized spacial score (nSPS) is 12.9. The summed E-state index contributed by atoms with van der Waals surface area (Å²) in [5.41, 5.74) is 6.87. The summed E-state index contributed by atoms with van der Waals surface area (Å²) in [7, 11) is 0. The van der Waals surface area contributed by atoms with Crippen molar-refractivity contribution in [3.05, 3.63) is 18.1 Å². The molecule has 0 aliphatic heterocycles. The molecule has 1 atom stereocenters. The number of nitrogens with two attached hydrogens (primary N) is 1. The van der Waals surface area contributed by atoms with Crippen LogP contribution >= 0.6 is 0 Å². The average molecular weight is 208 g/mol. The van der Waals surface area contributed by atoms with E-state index in [1.54, 1.807) is 12.4 Å². The summed E-state index contributed by atoms with van der Waals surface area (Å²) in [6.07, 6.45) is 4.39. The molecule has 0 amide bonds. The molecule has 0 saturated heterocycles. The first-order valence-electron chi connectivity index (χ1n) is 5.36. The summed E-state index contributed by atoms with van der Waals surface area (Å²) in [6, 6.07) is 0.173. The second kappa shape index (κ2) is 5.66. The Morgan fingerprint density at radius 3 is 2.60 bits per heavy atom. The van der Waals surface area contributed by atoms with Gasteiger partial charge >= 0.3 is 0 Å². The topological polar surface area (TPSA) is 63.8 Å². The minimum absolute atomic E-state index is 0.173. The molecule has 0 saturated carbocycles. The third-order valence-corrected chi connectivity index (χ3v) is 2.19.